The second-order valence-electron chi connectivity index (χ2n) is 7.32. The fourth-order valence-corrected chi connectivity index (χ4v) is 4.44. The van der Waals surface area contributed by atoms with Gasteiger partial charge in [0.1, 0.15) is 0 Å². The molecule has 2 aliphatic carbocycles. The van der Waals surface area contributed by atoms with Gasteiger partial charge in [0.2, 0.25) is 0 Å². The molecule has 2 bridgehead atoms. The quantitative estimate of drug-likeness (QED) is 0.572. The van der Waals surface area contributed by atoms with Crippen molar-refractivity contribution in [2.75, 3.05) is 20.8 Å². The van der Waals surface area contributed by atoms with Crippen LogP contribution in [0, 0.1) is 17.8 Å². The van der Waals surface area contributed by atoms with E-state index in [1.54, 1.807) is 32.6 Å². The number of hydrogen-bond donors (Lipinski definition) is 1. The molecule has 0 heterocycles. The molecular weight excluding hydrogens is 332 g/mol. The van der Waals surface area contributed by atoms with Crippen LogP contribution in [0.3, 0.4) is 0 Å². The van der Waals surface area contributed by atoms with Crippen LogP contribution >= 0.6 is 0 Å². The smallest absolute Gasteiger partial charge is 0.260 e. The van der Waals surface area contributed by atoms with Gasteiger partial charge in [-0.05, 0) is 62.1 Å². The summed E-state index contributed by atoms with van der Waals surface area (Å²) >= 11 is 0. The molecule has 6 nitrogen and oxygen atoms in total. The van der Waals surface area contributed by atoms with E-state index in [0.29, 0.717) is 17.4 Å². The second-order valence-corrected chi connectivity index (χ2v) is 7.32. The van der Waals surface area contributed by atoms with Gasteiger partial charge in [-0.3, -0.25) is 4.79 Å². The molecule has 2 saturated carbocycles. The largest absolute Gasteiger partial charge is 0.493 e. The van der Waals surface area contributed by atoms with E-state index in [2.05, 4.69) is 17.4 Å². The fourth-order valence-electron chi connectivity index (χ4n) is 4.44. The van der Waals surface area contributed by atoms with Crippen LogP contribution in [0.1, 0.15) is 38.2 Å². The molecule has 26 heavy (non-hydrogen) atoms. The molecule has 4 atom stereocenters. The van der Waals surface area contributed by atoms with Gasteiger partial charge >= 0.3 is 0 Å². The molecule has 6 heteroatoms. The Kier molecular flexibility index (Phi) is 6.01. The number of ether oxygens (including phenoxy) is 2. The number of oxime groups is 1. The average Bonchev–Trinajstić information content (AvgIpc) is 3.28. The average molecular weight is 360 g/mol. The summed E-state index contributed by atoms with van der Waals surface area (Å²) in [6.45, 7) is 2.03. The zero-order chi connectivity index (χ0) is 18.5. The van der Waals surface area contributed by atoms with Gasteiger partial charge in [0, 0.05) is 11.6 Å². The molecule has 0 saturated heterocycles. The Bertz CT molecular complexity index is 661. The van der Waals surface area contributed by atoms with Gasteiger partial charge in [-0.15, -0.1) is 0 Å². The summed E-state index contributed by atoms with van der Waals surface area (Å²) < 4.78 is 10.4. The molecule has 4 unspecified atom stereocenters. The highest BCUT2D eigenvalue weighted by atomic mass is 16.6. The van der Waals surface area contributed by atoms with E-state index in [9.17, 15) is 4.79 Å². The zero-order valence-electron chi connectivity index (χ0n) is 15.7. The number of carbonyl (C=O) groups is 1. The highest BCUT2D eigenvalue weighted by Crippen LogP contribution is 2.49. The summed E-state index contributed by atoms with van der Waals surface area (Å²) in [6, 6.07) is 5.63. The van der Waals surface area contributed by atoms with Crippen LogP contribution in [0.4, 0.5) is 0 Å². The summed E-state index contributed by atoms with van der Waals surface area (Å²) in [6.07, 6.45) is 6.84. The molecule has 0 aliphatic heterocycles. The molecule has 0 aromatic heterocycles. The van der Waals surface area contributed by atoms with Crippen molar-refractivity contribution in [2.24, 2.45) is 22.9 Å². The maximum absolute atomic E-state index is 12.1. The summed E-state index contributed by atoms with van der Waals surface area (Å²) in [5.41, 5.74) is 0.804. The first-order valence-electron chi connectivity index (χ1n) is 9.27. The van der Waals surface area contributed by atoms with Crippen LogP contribution in [-0.2, 0) is 9.63 Å². The second kappa shape index (κ2) is 8.43. The third kappa shape index (κ3) is 4.29. The van der Waals surface area contributed by atoms with E-state index in [1.807, 2.05) is 6.07 Å². The van der Waals surface area contributed by atoms with Crippen molar-refractivity contribution in [1.82, 2.24) is 5.32 Å². The molecule has 0 spiro atoms. The first-order chi connectivity index (χ1) is 12.6. The number of nitrogens with zero attached hydrogens (tertiary/aromatic N) is 1. The highest BCUT2D eigenvalue weighted by Gasteiger charge is 2.42. The van der Waals surface area contributed by atoms with Gasteiger partial charge in [0.25, 0.3) is 5.91 Å². The molecule has 1 N–H and O–H groups in total. The number of nitrogens with one attached hydrogen (secondary N) is 1. The predicted octanol–water partition coefficient (Wildman–Crippen LogP) is 3.00. The molecule has 0 radical (unpaired) electrons. The number of benzene rings is 1. The van der Waals surface area contributed by atoms with Crippen LogP contribution < -0.4 is 14.8 Å². The first kappa shape index (κ1) is 18.5. The van der Waals surface area contributed by atoms with Gasteiger partial charge in [0.05, 0.1) is 20.4 Å². The summed E-state index contributed by atoms with van der Waals surface area (Å²) in [5.74, 6) is 3.44. The Hall–Kier alpha value is -2.24. The summed E-state index contributed by atoms with van der Waals surface area (Å²) in [7, 11) is 3.17. The molecule has 3 rings (SSSR count). The Morgan fingerprint density at radius 2 is 2.08 bits per heavy atom. The maximum Gasteiger partial charge on any atom is 0.260 e. The van der Waals surface area contributed by atoms with Crippen LogP contribution in [-0.4, -0.2) is 39.0 Å². The van der Waals surface area contributed by atoms with Crippen LogP contribution in [0.15, 0.2) is 23.4 Å². The monoisotopic (exact) mass is 360 g/mol. The number of hydrogen-bond acceptors (Lipinski definition) is 5. The van der Waals surface area contributed by atoms with Crippen molar-refractivity contribution in [1.29, 1.82) is 0 Å². The minimum atomic E-state index is -0.121. The third-order valence-electron chi connectivity index (χ3n) is 5.70. The molecule has 1 amide bonds. The SMILES string of the molecule is COc1ccc(/C=N/OCC(=O)NC(C)C2CC3CCC2C3)cc1OC. The van der Waals surface area contributed by atoms with E-state index in [4.69, 9.17) is 14.3 Å². The van der Waals surface area contributed by atoms with E-state index in [0.717, 1.165) is 17.4 Å². The number of rotatable bonds is 8. The third-order valence-corrected chi connectivity index (χ3v) is 5.70. The minimum absolute atomic E-state index is 0.0745. The van der Waals surface area contributed by atoms with E-state index < -0.39 is 0 Å². The maximum atomic E-state index is 12.1. The highest BCUT2D eigenvalue weighted by molar-refractivity contribution is 5.81. The van der Waals surface area contributed by atoms with Crippen molar-refractivity contribution in [3.8, 4) is 11.5 Å². The molecule has 1 aromatic carbocycles. The summed E-state index contributed by atoms with van der Waals surface area (Å²) in [5, 5.41) is 6.94. The molecule has 2 aliphatic rings. The Labute approximate surface area is 154 Å². The lowest BCUT2D eigenvalue weighted by Gasteiger charge is -2.28. The minimum Gasteiger partial charge on any atom is -0.493 e. The van der Waals surface area contributed by atoms with Crippen molar-refractivity contribution >= 4 is 12.1 Å². The van der Waals surface area contributed by atoms with Crippen molar-refractivity contribution in [3.05, 3.63) is 23.8 Å². The van der Waals surface area contributed by atoms with Crippen molar-refractivity contribution < 1.29 is 19.1 Å². The predicted molar refractivity (Wildman–Crippen MR) is 99.6 cm³/mol. The Balaban J connectivity index is 1.42. The lowest BCUT2D eigenvalue weighted by atomic mass is 9.84. The van der Waals surface area contributed by atoms with Crippen molar-refractivity contribution in [3.63, 3.8) is 0 Å². The van der Waals surface area contributed by atoms with E-state index in [1.165, 1.54) is 25.7 Å². The molecule has 1 aromatic rings. The molecule has 142 valence electrons. The summed E-state index contributed by atoms with van der Waals surface area (Å²) in [4.78, 5) is 17.2. The first-order valence-corrected chi connectivity index (χ1v) is 9.27. The Morgan fingerprint density at radius 1 is 1.27 bits per heavy atom. The lowest BCUT2D eigenvalue weighted by Crippen LogP contribution is -2.41. The van der Waals surface area contributed by atoms with Crippen LogP contribution in [0.5, 0.6) is 11.5 Å². The number of carbonyl (C=O) groups excluding carboxylic acids is 1. The van der Waals surface area contributed by atoms with Crippen LogP contribution in [0.2, 0.25) is 0 Å². The number of methoxy groups -OCH3 is 2. The van der Waals surface area contributed by atoms with E-state index >= 15 is 0 Å². The van der Waals surface area contributed by atoms with Gasteiger partial charge in [-0.2, -0.15) is 0 Å². The fraction of sp³-hybridized carbons (Fsp3) is 0.600. The zero-order valence-corrected chi connectivity index (χ0v) is 15.7. The van der Waals surface area contributed by atoms with Gasteiger partial charge in [-0.25, -0.2) is 0 Å². The standard InChI is InChI=1S/C20H28N2O4/c1-13(17-9-14-4-6-16(17)8-14)22-20(23)12-26-21-11-15-5-7-18(24-2)19(10-15)25-3/h5,7,10-11,13-14,16-17H,4,6,8-9,12H2,1-3H3,(H,22,23)/b21-11+. The van der Waals surface area contributed by atoms with Gasteiger partial charge < -0.3 is 19.6 Å². The molecule has 2 fully saturated rings. The van der Waals surface area contributed by atoms with Gasteiger partial charge in [-0.1, -0.05) is 11.6 Å². The Morgan fingerprint density at radius 3 is 2.73 bits per heavy atom. The van der Waals surface area contributed by atoms with Crippen LogP contribution in [0.25, 0.3) is 0 Å². The number of amides is 1. The van der Waals surface area contributed by atoms with Crippen molar-refractivity contribution in [2.45, 2.75) is 38.6 Å². The topological polar surface area (TPSA) is 69.2 Å². The lowest BCUT2D eigenvalue weighted by molar-refractivity contribution is -0.126. The van der Waals surface area contributed by atoms with E-state index in [-0.39, 0.29) is 18.6 Å². The normalized spacial score (nSPS) is 25.3. The number of fused-ring (bicyclic) bond motifs is 2. The molecular formula is C20H28N2O4. The van der Waals surface area contributed by atoms with Gasteiger partial charge in [0.15, 0.2) is 18.1 Å².